The molecule has 1 N–H and O–H groups in total. The molecule has 0 aliphatic rings. The Morgan fingerprint density at radius 3 is 2.72 bits per heavy atom. The topological polar surface area (TPSA) is 34.1 Å². The van der Waals surface area contributed by atoms with Crippen LogP contribution in [-0.2, 0) is 6.54 Å². The van der Waals surface area contributed by atoms with Gasteiger partial charge in [0.25, 0.3) is 0 Å². The number of rotatable bonds is 4. The van der Waals surface area contributed by atoms with Crippen LogP contribution in [0.2, 0.25) is 0 Å². The third-order valence-electron chi connectivity index (χ3n) is 2.41. The number of methoxy groups -OCH3 is 1. The molecule has 1 aromatic heterocycles. The molecule has 2 aromatic rings. The van der Waals surface area contributed by atoms with E-state index in [2.05, 4.69) is 42.2 Å². The molecule has 0 atom stereocenters. The summed E-state index contributed by atoms with van der Waals surface area (Å²) in [5, 5.41) is 3.33. The van der Waals surface area contributed by atoms with Gasteiger partial charge < -0.3 is 10.1 Å². The number of halogens is 2. The van der Waals surface area contributed by atoms with Gasteiger partial charge in [0.15, 0.2) is 0 Å². The van der Waals surface area contributed by atoms with Crippen molar-refractivity contribution < 1.29 is 4.74 Å². The number of anilines is 1. The predicted molar refractivity (Wildman–Crippen MR) is 80.0 cm³/mol. The fourth-order valence-electron chi connectivity index (χ4n) is 1.57. The third kappa shape index (κ3) is 3.46. The maximum absolute atomic E-state index is 5.30. The molecule has 0 bridgehead atoms. The van der Waals surface area contributed by atoms with Crippen molar-refractivity contribution in [3.05, 3.63) is 51.2 Å². The Morgan fingerprint density at radius 1 is 1.17 bits per heavy atom. The maximum Gasteiger partial charge on any atom is 0.142 e. The predicted octanol–water partition coefficient (Wildman–Crippen LogP) is 4.23. The van der Waals surface area contributed by atoms with E-state index in [4.69, 9.17) is 4.74 Å². The van der Waals surface area contributed by atoms with Gasteiger partial charge in [-0.05, 0) is 45.8 Å². The highest BCUT2D eigenvalue weighted by Crippen LogP contribution is 2.28. The van der Waals surface area contributed by atoms with Crippen LogP contribution < -0.4 is 10.1 Å². The van der Waals surface area contributed by atoms with E-state index in [9.17, 15) is 0 Å². The Morgan fingerprint density at radius 2 is 2.00 bits per heavy atom. The van der Waals surface area contributed by atoms with Crippen LogP contribution in [0.25, 0.3) is 0 Å². The number of nitrogens with zero attached hydrogens (tertiary/aromatic N) is 1. The van der Waals surface area contributed by atoms with Crippen molar-refractivity contribution in [2.24, 2.45) is 0 Å². The molecule has 2 rings (SSSR count). The fourth-order valence-corrected chi connectivity index (χ4v) is 2.34. The van der Waals surface area contributed by atoms with Crippen molar-refractivity contribution in [1.82, 2.24) is 4.98 Å². The van der Waals surface area contributed by atoms with Crippen molar-refractivity contribution in [3.63, 3.8) is 0 Å². The van der Waals surface area contributed by atoms with Gasteiger partial charge in [0.05, 0.1) is 12.8 Å². The SMILES string of the molecule is COc1ccc(Br)cc1NCc1cncc(Br)c1. The van der Waals surface area contributed by atoms with Crippen LogP contribution in [0.5, 0.6) is 5.75 Å². The van der Waals surface area contributed by atoms with Crippen molar-refractivity contribution >= 4 is 37.5 Å². The Hall–Kier alpha value is -1.07. The summed E-state index contributed by atoms with van der Waals surface area (Å²) < 4.78 is 7.29. The molecule has 5 heteroatoms. The molecule has 94 valence electrons. The molecule has 0 saturated carbocycles. The molecule has 3 nitrogen and oxygen atoms in total. The minimum absolute atomic E-state index is 0.694. The summed E-state index contributed by atoms with van der Waals surface area (Å²) >= 11 is 6.85. The first-order valence-electron chi connectivity index (χ1n) is 5.36. The maximum atomic E-state index is 5.30. The van der Waals surface area contributed by atoms with Crippen molar-refractivity contribution in [3.8, 4) is 5.75 Å². The molecule has 0 fully saturated rings. The second kappa shape index (κ2) is 6.20. The van der Waals surface area contributed by atoms with E-state index in [0.29, 0.717) is 6.54 Å². The fraction of sp³-hybridized carbons (Fsp3) is 0.154. The molecule has 1 aromatic carbocycles. The molecular formula is C13H12Br2N2O. The van der Waals surface area contributed by atoms with Crippen molar-refractivity contribution in [2.75, 3.05) is 12.4 Å². The van der Waals surface area contributed by atoms with Gasteiger partial charge in [-0.1, -0.05) is 15.9 Å². The Bertz CT molecular complexity index is 546. The summed E-state index contributed by atoms with van der Waals surface area (Å²) in [5.74, 6) is 0.821. The lowest BCUT2D eigenvalue weighted by Gasteiger charge is -2.11. The second-order valence-corrected chi connectivity index (χ2v) is 5.54. The lowest BCUT2D eigenvalue weighted by molar-refractivity contribution is 0.416. The van der Waals surface area contributed by atoms with Crippen LogP contribution in [0, 0.1) is 0 Å². The number of benzene rings is 1. The number of nitrogens with one attached hydrogen (secondary N) is 1. The number of aromatic nitrogens is 1. The molecular weight excluding hydrogens is 360 g/mol. The number of ether oxygens (including phenoxy) is 1. The Balaban J connectivity index is 2.12. The molecule has 0 spiro atoms. The summed E-state index contributed by atoms with van der Waals surface area (Å²) in [6, 6.07) is 7.89. The van der Waals surface area contributed by atoms with E-state index < -0.39 is 0 Å². The molecule has 0 amide bonds. The number of pyridine rings is 1. The van der Waals surface area contributed by atoms with E-state index in [1.165, 1.54) is 0 Å². The van der Waals surface area contributed by atoms with Gasteiger partial charge in [0.1, 0.15) is 5.75 Å². The van der Waals surface area contributed by atoms with Crippen LogP contribution in [0.3, 0.4) is 0 Å². The van der Waals surface area contributed by atoms with Crippen LogP contribution in [0.15, 0.2) is 45.6 Å². The molecule has 0 unspecified atom stereocenters. The van der Waals surface area contributed by atoms with E-state index in [-0.39, 0.29) is 0 Å². The monoisotopic (exact) mass is 370 g/mol. The van der Waals surface area contributed by atoms with Crippen LogP contribution >= 0.6 is 31.9 Å². The Kier molecular flexibility index (Phi) is 4.60. The van der Waals surface area contributed by atoms with Gasteiger partial charge in [0.2, 0.25) is 0 Å². The summed E-state index contributed by atoms with van der Waals surface area (Å²) in [4.78, 5) is 4.13. The van der Waals surface area contributed by atoms with E-state index in [1.807, 2.05) is 30.5 Å². The molecule has 0 saturated heterocycles. The standard InChI is InChI=1S/C13H12Br2N2O/c1-18-13-3-2-10(14)5-12(13)17-7-9-4-11(15)8-16-6-9/h2-6,8,17H,7H2,1H3. The highest BCUT2D eigenvalue weighted by molar-refractivity contribution is 9.10. The first-order chi connectivity index (χ1) is 8.69. The number of hydrogen-bond donors (Lipinski definition) is 1. The number of hydrogen-bond acceptors (Lipinski definition) is 3. The average molecular weight is 372 g/mol. The van der Waals surface area contributed by atoms with Gasteiger partial charge in [-0.3, -0.25) is 4.98 Å². The van der Waals surface area contributed by atoms with E-state index >= 15 is 0 Å². The molecule has 0 aliphatic heterocycles. The summed E-state index contributed by atoms with van der Waals surface area (Å²) in [6.07, 6.45) is 3.60. The minimum atomic E-state index is 0.694. The van der Waals surface area contributed by atoms with Gasteiger partial charge >= 0.3 is 0 Å². The zero-order valence-electron chi connectivity index (χ0n) is 9.78. The average Bonchev–Trinajstić information content (AvgIpc) is 2.37. The summed E-state index contributed by atoms with van der Waals surface area (Å²) in [5.41, 5.74) is 2.05. The van der Waals surface area contributed by atoms with Gasteiger partial charge in [0, 0.05) is 27.9 Å². The first kappa shape index (κ1) is 13.4. The third-order valence-corrected chi connectivity index (χ3v) is 3.33. The van der Waals surface area contributed by atoms with Crippen molar-refractivity contribution in [1.29, 1.82) is 0 Å². The highest BCUT2D eigenvalue weighted by atomic mass is 79.9. The smallest absolute Gasteiger partial charge is 0.142 e. The van der Waals surface area contributed by atoms with Gasteiger partial charge in [-0.25, -0.2) is 0 Å². The van der Waals surface area contributed by atoms with E-state index in [0.717, 1.165) is 25.9 Å². The quantitative estimate of drug-likeness (QED) is 0.873. The zero-order valence-corrected chi connectivity index (χ0v) is 13.0. The van der Waals surface area contributed by atoms with Crippen molar-refractivity contribution in [2.45, 2.75) is 6.54 Å². The Labute approximate surface area is 123 Å². The minimum Gasteiger partial charge on any atom is -0.495 e. The summed E-state index contributed by atoms with van der Waals surface area (Å²) in [7, 11) is 1.66. The second-order valence-electron chi connectivity index (χ2n) is 3.71. The molecule has 18 heavy (non-hydrogen) atoms. The first-order valence-corrected chi connectivity index (χ1v) is 6.94. The molecule has 1 heterocycles. The van der Waals surface area contributed by atoms with E-state index in [1.54, 1.807) is 13.3 Å². The molecule has 0 aliphatic carbocycles. The summed E-state index contributed by atoms with van der Waals surface area (Å²) in [6.45, 7) is 0.694. The normalized spacial score (nSPS) is 10.2. The zero-order chi connectivity index (χ0) is 13.0. The van der Waals surface area contributed by atoms with Crippen LogP contribution in [-0.4, -0.2) is 12.1 Å². The largest absolute Gasteiger partial charge is 0.495 e. The van der Waals surface area contributed by atoms with Crippen LogP contribution in [0.4, 0.5) is 5.69 Å². The lowest BCUT2D eigenvalue weighted by atomic mass is 10.2. The highest BCUT2D eigenvalue weighted by Gasteiger charge is 2.03. The molecule has 0 radical (unpaired) electrons. The van der Waals surface area contributed by atoms with Gasteiger partial charge in [-0.2, -0.15) is 0 Å². The van der Waals surface area contributed by atoms with Gasteiger partial charge in [-0.15, -0.1) is 0 Å². The lowest BCUT2D eigenvalue weighted by Crippen LogP contribution is -2.01. The van der Waals surface area contributed by atoms with Crippen LogP contribution in [0.1, 0.15) is 5.56 Å².